The van der Waals surface area contributed by atoms with Gasteiger partial charge in [-0.3, -0.25) is 5.43 Å². The molecule has 5 N–H and O–H groups in total. The number of rotatable bonds is 3. The van der Waals surface area contributed by atoms with Gasteiger partial charge in [0.25, 0.3) is 0 Å². The number of aliphatic imine (C=N–C) groups is 1. The molecule has 1 aliphatic rings. The van der Waals surface area contributed by atoms with E-state index in [0.717, 1.165) is 18.8 Å². The standard InChI is InChI=1S/C10H22N4/c1-2-3-8-4-6-9(7-5-8)13-10(11)14-12/h8-9H,2-7,12H2,1H3,(H3,11,13,14). The Morgan fingerprint density at radius 1 is 1.36 bits per heavy atom. The van der Waals surface area contributed by atoms with Gasteiger partial charge < -0.3 is 5.73 Å². The van der Waals surface area contributed by atoms with Crippen molar-refractivity contribution < 1.29 is 0 Å². The van der Waals surface area contributed by atoms with Gasteiger partial charge >= 0.3 is 0 Å². The number of hydrogen-bond acceptors (Lipinski definition) is 2. The zero-order valence-corrected chi connectivity index (χ0v) is 9.00. The monoisotopic (exact) mass is 198 g/mol. The molecule has 0 aliphatic heterocycles. The third kappa shape index (κ3) is 3.54. The highest BCUT2D eigenvalue weighted by atomic mass is 15.3. The van der Waals surface area contributed by atoms with Crippen LogP contribution in [-0.2, 0) is 0 Å². The minimum Gasteiger partial charge on any atom is -0.369 e. The average molecular weight is 198 g/mol. The molecule has 0 heterocycles. The van der Waals surface area contributed by atoms with Crippen LogP contribution in [0.15, 0.2) is 4.99 Å². The predicted molar refractivity (Wildman–Crippen MR) is 59.6 cm³/mol. The third-order valence-corrected chi connectivity index (χ3v) is 2.98. The van der Waals surface area contributed by atoms with E-state index in [1.807, 2.05) is 0 Å². The minimum atomic E-state index is 0.365. The lowest BCUT2D eigenvalue weighted by Crippen LogP contribution is -2.38. The Balaban J connectivity index is 2.28. The zero-order valence-electron chi connectivity index (χ0n) is 9.00. The molecule has 1 saturated carbocycles. The molecule has 0 unspecified atom stereocenters. The molecular formula is C10H22N4. The summed E-state index contributed by atoms with van der Waals surface area (Å²) in [6, 6.07) is 0.388. The molecule has 82 valence electrons. The van der Waals surface area contributed by atoms with Crippen molar-refractivity contribution in [2.75, 3.05) is 0 Å². The summed E-state index contributed by atoms with van der Waals surface area (Å²) in [5.74, 6) is 6.44. The van der Waals surface area contributed by atoms with E-state index in [1.165, 1.54) is 25.7 Å². The Morgan fingerprint density at radius 2 is 2.00 bits per heavy atom. The van der Waals surface area contributed by atoms with Gasteiger partial charge in [0.15, 0.2) is 0 Å². The molecule has 0 aromatic carbocycles. The quantitative estimate of drug-likeness (QED) is 0.275. The summed E-state index contributed by atoms with van der Waals surface area (Å²) >= 11 is 0. The Morgan fingerprint density at radius 3 is 2.50 bits per heavy atom. The lowest BCUT2D eigenvalue weighted by molar-refractivity contribution is 0.309. The number of hydrazine groups is 1. The van der Waals surface area contributed by atoms with Crippen molar-refractivity contribution in [1.82, 2.24) is 5.43 Å². The SMILES string of the molecule is CCCC1CCC(N=C(N)NN)CC1. The number of nitrogens with two attached hydrogens (primary N) is 2. The van der Waals surface area contributed by atoms with Crippen LogP contribution < -0.4 is 17.0 Å². The summed E-state index contributed by atoms with van der Waals surface area (Å²) in [6.45, 7) is 2.25. The van der Waals surface area contributed by atoms with Crippen LogP contribution in [0.1, 0.15) is 45.4 Å². The molecule has 0 aromatic heterocycles. The third-order valence-electron chi connectivity index (χ3n) is 2.98. The van der Waals surface area contributed by atoms with Crippen LogP contribution in [0.25, 0.3) is 0 Å². The van der Waals surface area contributed by atoms with Crippen molar-refractivity contribution >= 4 is 5.96 Å². The van der Waals surface area contributed by atoms with E-state index in [0.29, 0.717) is 12.0 Å². The van der Waals surface area contributed by atoms with Gasteiger partial charge in [0, 0.05) is 0 Å². The highest BCUT2D eigenvalue weighted by Gasteiger charge is 2.19. The highest BCUT2D eigenvalue weighted by Crippen LogP contribution is 2.29. The summed E-state index contributed by atoms with van der Waals surface area (Å²) in [5.41, 5.74) is 7.89. The van der Waals surface area contributed by atoms with E-state index < -0.39 is 0 Å². The van der Waals surface area contributed by atoms with Crippen molar-refractivity contribution in [1.29, 1.82) is 0 Å². The summed E-state index contributed by atoms with van der Waals surface area (Å²) in [5, 5.41) is 0. The van der Waals surface area contributed by atoms with Crippen LogP contribution >= 0.6 is 0 Å². The summed E-state index contributed by atoms with van der Waals surface area (Å²) in [6.07, 6.45) is 7.56. The fourth-order valence-corrected chi connectivity index (χ4v) is 2.20. The molecule has 4 heteroatoms. The molecule has 4 nitrogen and oxygen atoms in total. The van der Waals surface area contributed by atoms with Crippen molar-refractivity contribution in [2.24, 2.45) is 22.5 Å². The maximum Gasteiger partial charge on any atom is 0.203 e. The normalized spacial score (nSPS) is 28.9. The Bertz CT molecular complexity index is 183. The van der Waals surface area contributed by atoms with Crippen molar-refractivity contribution in [3.63, 3.8) is 0 Å². The Kier molecular flexibility index (Phi) is 4.73. The topological polar surface area (TPSA) is 76.4 Å². The van der Waals surface area contributed by atoms with Crippen LogP contribution in [0.3, 0.4) is 0 Å². The molecule has 0 atom stereocenters. The van der Waals surface area contributed by atoms with Gasteiger partial charge in [0.1, 0.15) is 0 Å². The summed E-state index contributed by atoms with van der Waals surface area (Å²) in [7, 11) is 0. The molecule has 0 amide bonds. The summed E-state index contributed by atoms with van der Waals surface area (Å²) < 4.78 is 0. The average Bonchev–Trinajstić information content (AvgIpc) is 2.21. The van der Waals surface area contributed by atoms with Crippen molar-refractivity contribution in [3.8, 4) is 0 Å². The lowest BCUT2D eigenvalue weighted by Gasteiger charge is -2.26. The first-order valence-corrected chi connectivity index (χ1v) is 5.56. The van der Waals surface area contributed by atoms with E-state index in [4.69, 9.17) is 11.6 Å². The van der Waals surface area contributed by atoms with Crippen LogP contribution in [0.4, 0.5) is 0 Å². The van der Waals surface area contributed by atoms with Gasteiger partial charge in [-0.1, -0.05) is 19.8 Å². The van der Waals surface area contributed by atoms with Gasteiger partial charge in [-0.05, 0) is 31.6 Å². The largest absolute Gasteiger partial charge is 0.369 e. The first-order valence-electron chi connectivity index (χ1n) is 5.56. The van der Waals surface area contributed by atoms with Crippen LogP contribution in [0, 0.1) is 5.92 Å². The first-order chi connectivity index (χ1) is 6.76. The van der Waals surface area contributed by atoms with Crippen LogP contribution in [0.5, 0.6) is 0 Å². The fourth-order valence-electron chi connectivity index (χ4n) is 2.20. The molecule has 0 saturated heterocycles. The fraction of sp³-hybridized carbons (Fsp3) is 0.900. The maximum atomic E-state index is 5.51. The van der Waals surface area contributed by atoms with E-state index >= 15 is 0 Å². The molecule has 1 rings (SSSR count). The zero-order chi connectivity index (χ0) is 10.4. The van der Waals surface area contributed by atoms with E-state index in [-0.39, 0.29) is 0 Å². The van der Waals surface area contributed by atoms with E-state index in [1.54, 1.807) is 0 Å². The lowest BCUT2D eigenvalue weighted by atomic mass is 9.84. The van der Waals surface area contributed by atoms with Gasteiger partial charge in [-0.25, -0.2) is 10.8 Å². The van der Waals surface area contributed by atoms with Crippen molar-refractivity contribution in [2.45, 2.75) is 51.5 Å². The molecule has 1 fully saturated rings. The maximum absolute atomic E-state index is 5.51. The van der Waals surface area contributed by atoms with Crippen LogP contribution in [-0.4, -0.2) is 12.0 Å². The smallest absolute Gasteiger partial charge is 0.203 e. The van der Waals surface area contributed by atoms with Gasteiger partial charge in [0.05, 0.1) is 6.04 Å². The first kappa shape index (κ1) is 11.3. The van der Waals surface area contributed by atoms with Gasteiger partial charge in [-0.15, -0.1) is 0 Å². The van der Waals surface area contributed by atoms with Crippen LogP contribution in [0.2, 0.25) is 0 Å². The predicted octanol–water partition coefficient (Wildman–Crippen LogP) is 1.12. The Labute approximate surface area is 86.1 Å². The number of hydrogen-bond donors (Lipinski definition) is 3. The Hall–Kier alpha value is -0.770. The minimum absolute atomic E-state index is 0.365. The van der Waals surface area contributed by atoms with E-state index in [9.17, 15) is 0 Å². The molecule has 0 spiro atoms. The number of guanidine groups is 1. The molecule has 1 aliphatic carbocycles. The second-order valence-electron chi connectivity index (χ2n) is 4.12. The summed E-state index contributed by atoms with van der Waals surface area (Å²) in [4.78, 5) is 4.31. The van der Waals surface area contributed by atoms with E-state index in [2.05, 4.69) is 17.3 Å². The number of nitrogens with one attached hydrogen (secondary N) is 1. The second kappa shape index (κ2) is 5.86. The second-order valence-corrected chi connectivity index (χ2v) is 4.12. The van der Waals surface area contributed by atoms with Gasteiger partial charge in [-0.2, -0.15) is 0 Å². The molecule has 0 bridgehead atoms. The molecule has 0 radical (unpaired) electrons. The van der Waals surface area contributed by atoms with Gasteiger partial charge in [0.2, 0.25) is 5.96 Å². The molecule has 14 heavy (non-hydrogen) atoms. The highest BCUT2D eigenvalue weighted by molar-refractivity contribution is 5.77. The molecule has 0 aromatic rings. The molecular weight excluding hydrogens is 176 g/mol. The number of nitrogens with zero attached hydrogens (tertiary/aromatic N) is 1. The van der Waals surface area contributed by atoms with Crippen molar-refractivity contribution in [3.05, 3.63) is 0 Å².